The zero-order chi connectivity index (χ0) is 9.03. The Labute approximate surface area is 73.0 Å². The number of ether oxygens (including phenoxy) is 1. The monoisotopic (exact) mass is 169 g/mol. The summed E-state index contributed by atoms with van der Waals surface area (Å²) in [6.45, 7) is 2.58. The SMILES string of the molecule is CCCC1CC(O)(C#N)CCO1. The van der Waals surface area contributed by atoms with Crippen LogP contribution in [-0.2, 0) is 4.74 Å². The molecule has 1 N–H and O–H groups in total. The van der Waals surface area contributed by atoms with Crippen molar-refractivity contribution in [2.24, 2.45) is 0 Å². The van der Waals surface area contributed by atoms with Gasteiger partial charge in [0.1, 0.15) is 0 Å². The van der Waals surface area contributed by atoms with E-state index >= 15 is 0 Å². The first-order valence-electron chi connectivity index (χ1n) is 4.45. The molecule has 0 bridgehead atoms. The molecule has 1 rings (SSSR count). The number of nitriles is 1. The number of hydrogen-bond donors (Lipinski definition) is 1. The number of nitrogens with zero attached hydrogens (tertiary/aromatic N) is 1. The first kappa shape index (κ1) is 9.50. The van der Waals surface area contributed by atoms with Crippen molar-refractivity contribution >= 4 is 0 Å². The predicted molar refractivity (Wildman–Crippen MR) is 44.4 cm³/mol. The molecule has 68 valence electrons. The van der Waals surface area contributed by atoms with Gasteiger partial charge in [-0.1, -0.05) is 13.3 Å². The highest BCUT2D eigenvalue weighted by atomic mass is 16.5. The van der Waals surface area contributed by atoms with Crippen molar-refractivity contribution in [1.82, 2.24) is 0 Å². The summed E-state index contributed by atoms with van der Waals surface area (Å²) in [7, 11) is 0. The lowest BCUT2D eigenvalue weighted by Gasteiger charge is -2.31. The number of rotatable bonds is 2. The molecule has 0 spiro atoms. The molecule has 12 heavy (non-hydrogen) atoms. The van der Waals surface area contributed by atoms with E-state index in [1.807, 2.05) is 6.07 Å². The largest absolute Gasteiger partial charge is 0.378 e. The van der Waals surface area contributed by atoms with Crippen LogP contribution in [0, 0.1) is 11.3 Å². The van der Waals surface area contributed by atoms with Crippen LogP contribution in [0.4, 0.5) is 0 Å². The smallest absolute Gasteiger partial charge is 0.155 e. The Bertz CT molecular complexity index is 185. The Kier molecular flexibility index (Phi) is 3.07. The highest BCUT2D eigenvalue weighted by molar-refractivity contribution is 5.03. The fourth-order valence-corrected chi connectivity index (χ4v) is 1.54. The van der Waals surface area contributed by atoms with Crippen molar-refractivity contribution in [3.63, 3.8) is 0 Å². The normalized spacial score (nSPS) is 35.9. The van der Waals surface area contributed by atoms with E-state index in [4.69, 9.17) is 10.00 Å². The maximum absolute atomic E-state index is 9.64. The first-order valence-corrected chi connectivity index (χ1v) is 4.45. The first-order chi connectivity index (χ1) is 5.70. The molecule has 3 heteroatoms. The van der Waals surface area contributed by atoms with E-state index in [0.717, 1.165) is 12.8 Å². The molecule has 0 saturated carbocycles. The molecular weight excluding hydrogens is 154 g/mol. The maximum Gasteiger partial charge on any atom is 0.155 e. The molecule has 1 aliphatic rings. The Morgan fingerprint density at radius 1 is 1.75 bits per heavy atom. The molecule has 2 unspecified atom stereocenters. The molecule has 0 radical (unpaired) electrons. The lowest BCUT2D eigenvalue weighted by atomic mass is 9.90. The van der Waals surface area contributed by atoms with Crippen LogP contribution in [0.5, 0.6) is 0 Å². The molecule has 2 atom stereocenters. The molecule has 0 aromatic rings. The molecule has 0 aliphatic carbocycles. The van der Waals surface area contributed by atoms with Crippen molar-refractivity contribution in [3.8, 4) is 6.07 Å². The minimum atomic E-state index is -1.13. The Balaban J connectivity index is 2.46. The molecule has 1 heterocycles. The zero-order valence-electron chi connectivity index (χ0n) is 7.42. The third-order valence-corrected chi connectivity index (χ3v) is 2.25. The maximum atomic E-state index is 9.64. The average Bonchev–Trinajstić information content (AvgIpc) is 2.05. The highest BCUT2D eigenvalue weighted by Crippen LogP contribution is 2.26. The van der Waals surface area contributed by atoms with Crippen LogP contribution in [0.2, 0.25) is 0 Å². The summed E-state index contributed by atoms with van der Waals surface area (Å²) < 4.78 is 5.40. The van der Waals surface area contributed by atoms with E-state index < -0.39 is 5.60 Å². The molecule has 1 aliphatic heterocycles. The zero-order valence-corrected chi connectivity index (χ0v) is 7.42. The fourth-order valence-electron chi connectivity index (χ4n) is 1.54. The standard InChI is InChI=1S/C9H15NO2/c1-2-3-8-6-9(11,7-10)4-5-12-8/h8,11H,2-6H2,1H3. The second kappa shape index (κ2) is 3.88. The topological polar surface area (TPSA) is 53.2 Å². The summed E-state index contributed by atoms with van der Waals surface area (Å²) >= 11 is 0. The lowest BCUT2D eigenvalue weighted by Crippen LogP contribution is -2.39. The van der Waals surface area contributed by atoms with E-state index in [2.05, 4.69) is 6.92 Å². The van der Waals surface area contributed by atoms with Gasteiger partial charge in [-0.15, -0.1) is 0 Å². The van der Waals surface area contributed by atoms with Gasteiger partial charge in [0.15, 0.2) is 5.60 Å². The van der Waals surface area contributed by atoms with Crippen molar-refractivity contribution < 1.29 is 9.84 Å². The van der Waals surface area contributed by atoms with Crippen LogP contribution in [0.25, 0.3) is 0 Å². The van der Waals surface area contributed by atoms with Gasteiger partial charge < -0.3 is 9.84 Å². The van der Waals surface area contributed by atoms with Gasteiger partial charge in [-0.05, 0) is 6.42 Å². The molecule has 1 saturated heterocycles. The van der Waals surface area contributed by atoms with Gasteiger partial charge in [-0.2, -0.15) is 5.26 Å². The Hall–Kier alpha value is -0.590. The van der Waals surface area contributed by atoms with Crippen LogP contribution in [-0.4, -0.2) is 23.4 Å². The quantitative estimate of drug-likeness (QED) is 0.632. The minimum Gasteiger partial charge on any atom is -0.378 e. The summed E-state index contributed by atoms with van der Waals surface area (Å²) in [4.78, 5) is 0. The average molecular weight is 169 g/mol. The van der Waals surface area contributed by atoms with Gasteiger partial charge in [0.05, 0.1) is 18.8 Å². The summed E-state index contributed by atoms with van der Waals surface area (Å²) in [5, 5.41) is 18.3. The second-order valence-corrected chi connectivity index (χ2v) is 3.38. The van der Waals surface area contributed by atoms with Gasteiger partial charge in [0.25, 0.3) is 0 Å². The lowest BCUT2D eigenvalue weighted by molar-refractivity contribution is -0.0775. The minimum absolute atomic E-state index is 0.0772. The Morgan fingerprint density at radius 3 is 3.08 bits per heavy atom. The van der Waals surface area contributed by atoms with Crippen molar-refractivity contribution in [3.05, 3.63) is 0 Å². The number of aliphatic hydroxyl groups is 1. The van der Waals surface area contributed by atoms with Gasteiger partial charge in [-0.25, -0.2) is 0 Å². The van der Waals surface area contributed by atoms with Crippen LogP contribution >= 0.6 is 0 Å². The molecule has 0 amide bonds. The van der Waals surface area contributed by atoms with E-state index in [1.165, 1.54) is 0 Å². The molecular formula is C9H15NO2. The van der Waals surface area contributed by atoms with Crippen molar-refractivity contribution in [2.75, 3.05) is 6.61 Å². The van der Waals surface area contributed by atoms with Crippen molar-refractivity contribution in [1.29, 1.82) is 5.26 Å². The third kappa shape index (κ3) is 2.20. The van der Waals surface area contributed by atoms with Crippen LogP contribution < -0.4 is 0 Å². The molecule has 3 nitrogen and oxygen atoms in total. The van der Waals surface area contributed by atoms with Gasteiger partial charge >= 0.3 is 0 Å². The van der Waals surface area contributed by atoms with Gasteiger partial charge in [-0.3, -0.25) is 0 Å². The summed E-state index contributed by atoms with van der Waals surface area (Å²) in [6.07, 6.45) is 2.96. The van der Waals surface area contributed by atoms with E-state index in [1.54, 1.807) is 0 Å². The third-order valence-electron chi connectivity index (χ3n) is 2.25. The van der Waals surface area contributed by atoms with Crippen LogP contribution in [0.15, 0.2) is 0 Å². The molecule has 0 aromatic heterocycles. The van der Waals surface area contributed by atoms with Crippen molar-refractivity contribution in [2.45, 2.75) is 44.3 Å². The predicted octanol–water partition coefficient (Wildman–Crippen LogP) is 1.22. The fraction of sp³-hybridized carbons (Fsp3) is 0.889. The molecule has 0 aromatic carbocycles. The van der Waals surface area contributed by atoms with E-state index in [0.29, 0.717) is 19.4 Å². The summed E-state index contributed by atoms with van der Waals surface area (Å²) in [5.74, 6) is 0. The Morgan fingerprint density at radius 2 is 2.50 bits per heavy atom. The summed E-state index contributed by atoms with van der Waals surface area (Å²) in [6, 6.07) is 1.94. The second-order valence-electron chi connectivity index (χ2n) is 3.38. The van der Waals surface area contributed by atoms with E-state index in [-0.39, 0.29) is 6.10 Å². The van der Waals surface area contributed by atoms with Crippen LogP contribution in [0.1, 0.15) is 32.6 Å². The molecule has 1 fully saturated rings. The van der Waals surface area contributed by atoms with E-state index in [9.17, 15) is 5.11 Å². The highest BCUT2D eigenvalue weighted by Gasteiger charge is 2.34. The van der Waals surface area contributed by atoms with Crippen LogP contribution in [0.3, 0.4) is 0 Å². The summed E-state index contributed by atoms with van der Waals surface area (Å²) in [5.41, 5.74) is -1.13. The number of hydrogen-bond acceptors (Lipinski definition) is 3. The van der Waals surface area contributed by atoms with Gasteiger partial charge in [0, 0.05) is 12.8 Å². The van der Waals surface area contributed by atoms with Gasteiger partial charge in [0.2, 0.25) is 0 Å².